The van der Waals surface area contributed by atoms with Crippen LogP contribution in [0.3, 0.4) is 0 Å². The zero-order chi connectivity index (χ0) is 16.7. The van der Waals surface area contributed by atoms with Crippen LogP contribution in [0.5, 0.6) is 0 Å². The lowest BCUT2D eigenvalue weighted by Gasteiger charge is -2.34. The van der Waals surface area contributed by atoms with Crippen molar-refractivity contribution in [2.24, 2.45) is 11.8 Å². The smallest absolute Gasteiger partial charge is 0.234 e. The minimum atomic E-state index is 0.313. The number of aromatic nitrogens is 1. The molecule has 1 aliphatic carbocycles. The van der Waals surface area contributed by atoms with E-state index in [-0.39, 0.29) is 0 Å². The molecule has 4 heteroatoms. The summed E-state index contributed by atoms with van der Waals surface area (Å²) in [5.41, 5.74) is 1.78. The molecule has 0 N–H and O–H groups in total. The minimum absolute atomic E-state index is 0.313. The maximum Gasteiger partial charge on any atom is 0.234 e. The second kappa shape index (κ2) is 5.98. The van der Waals surface area contributed by atoms with Gasteiger partial charge in [-0.25, -0.2) is 4.98 Å². The number of hydrogen-bond donors (Lipinski definition) is 0. The van der Waals surface area contributed by atoms with Gasteiger partial charge in [0, 0.05) is 19.0 Å². The molecule has 1 aliphatic heterocycles. The van der Waals surface area contributed by atoms with Crippen molar-refractivity contribution in [3.63, 3.8) is 0 Å². The predicted octanol–water partition coefficient (Wildman–Crippen LogP) is 4.30. The average molecular weight is 321 g/mol. The summed E-state index contributed by atoms with van der Waals surface area (Å²) in [7, 11) is 0. The van der Waals surface area contributed by atoms with Crippen molar-refractivity contribution in [2.45, 2.75) is 38.5 Å². The fraction of sp³-hybridized carbons (Fsp3) is 0.500. The number of nitrogens with zero attached hydrogens (tertiary/aromatic N) is 3. The summed E-state index contributed by atoms with van der Waals surface area (Å²) < 4.78 is 6.11. The third kappa shape index (κ3) is 2.80. The average Bonchev–Trinajstić information content (AvgIpc) is 3.26. The summed E-state index contributed by atoms with van der Waals surface area (Å²) in [5, 5.41) is 9.48. The fourth-order valence-electron chi connectivity index (χ4n) is 4.14. The molecule has 4 rings (SSSR count). The van der Waals surface area contributed by atoms with Crippen LogP contribution in [0.1, 0.15) is 55.7 Å². The van der Waals surface area contributed by atoms with Crippen LogP contribution < -0.4 is 4.90 Å². The maximum atomic E-state index is 9.48. The first-order valence-electron chi connectivity index (χ1n) is 8.86. The van der Waals surface area contributed by atoms with E-state index in [1.54, 1.807) is 0 Å². The molecule has 2 aromatic rings. The molecule has 2 fully saturated rings. The molecule has 24 heavy (non-hydrogen) atoms. The van der Waals surface area contributed by atoms with Gasteiger partial charge in [-0.1, -0.05) is 44.2 Å². The lowest BCUT2D eigenvalue weighted by Crippen LogP contribution is -2.38. The Kier molecular flexibility index (Phi) is 3.80. The molecule has 4 nitrogen and oxygen atoms in total. The van der Waals surface area contributed by atoms with E-state index in [4.69, 9.17) is 4.42 Å². The van der Waals surface area contributed by atoms with Gasteiger partial charge in [0.15, 0.2) is 0 Å². The normalized spacial score (nSPS) is 29.3. The number of oxazole rings is 1. The molecule has 2 aliphatic rings. The number of nitriles is 1. The third-order valence-corrected chi connectivity index (χ3v) is 5.22. The molecule has 0 spiro atoms. The fourth-order valence-corrected chi connectivity index (χ4v) is 4.14. The molecule has 124 valence electrons. The van der Waals surface area contributed by atoms with E-state index < -0.39 is 0 Å². The summed E-state index contributed by atoms with van der Waals surface area (Å²) in [6.45, 7) is 6.41. The van der Waals surface area contributed by atoms with Crippen molar-refractivity contribution in [3.8, 4) is 6.07 Å². The minimum Gasteiger partial charge on any atom is -0.423 e. The van der Waals surface area contributed by atoms with Crippen molar-refractivity contribution >= 4 is 5.88 Å². The van der Waals surface area contributed by atoms with Gasteiger partial charge in [0.25, 0.3) is 0 Å². The van der Waals surface area contributed by atoms with Crippen LogP contribution in [0, 0.1) is 23.2 Å². The Morgan fingerprint density at radius 2 is 1.79 bits per heavy atom. The Morgan fingerprint density at radius 3 is 2.46 bits per heavy atom. The van der Waals surface area contributed by atoms with E-state index in [9.17, 15) is 5.26 Å². The third-order valence-electron chi connectivity index (χ3n) is 5.22. The Morgan fingerprint density at radius 1 is 1.08 bits per heavy atom. The van der Waals surface area contributed by atoms with Gasteiger partial charge in [0.2, 0.25) is 17.5 Å². The molecule has 0 unspecified atom stereocenters. The van der Waals surface area contributed by atoms with Gasteiger partial charge in [-0.3, -0.25) is 0 Å². The highest BCUT2D eigenvalue weighted by atomic mass is 16.4. The van der Waals surface area contributed by atoms with Crippen LogP contribution in [0.15, 0.2) is 34.7 Å². The molecular formula is C20H23N3O. The lowest BCUT2D eigenvalue weighted by atomic mass is 9.92. The first-order chi connectivity index (χ1) is 11.7. The van der Waals surface area contributed by atoms with Gasteiger partial charge >= 0.3 is 0 Å². The summed E-state index contributed by atoms with van der Waals surface area (Å²) in [6, 6.07) is 12.7. The molecule has 0 radical (unpaired) electrons. The summed E-state index contributed by atoms with van der Waals surface area (Å²) >= 11 is 0. The lowest BCUT2D eigenvalue weighted by molar-refractivity contribution is 0.340. The quantitative estimate of drug-likeness (QED) is 0.846. The molecule has 1 saturated carbocycles. The Bertz CT molecular complexity index is 751. The van der Waals surface area contributed by atoms with Crippen LogP contribution in [-0.4, -0.2) is 18.1 Å². The predicted molar refractivity (Wildman–Crippen MR) is 92.9 cm³/mol. The number of hydrogen-bond acceptors (Lipinski definition) is 4. The van der Waals surface area contributed by atoms with E-state index in [0.717, 1.165) is 25.4 Å². The highest BCUT2D eigenvalue weighted by molar-refractivity contribution is 5.49. The summed E-state index contributed by atoms with van der Waals surface area (Å²) in [4.78, 5) is 6.74. The zero-order valence-electron chi connectivity index (χ0n) is 14.3. The molecule has 2 heterocycles. The van der Waals surface area contributed by atoms with Gasteiger partial charge in [-0.15, -0.1) is 0 Å². The van der Waals surface area contributed by atoms with Crippen molar-refractivity contribution in [3.05, 3.63) is 47.5 Å². The van der Waals surface area contributed by atoms with E-state index >= 15 is 0 Å². The summed E-state index contributed by atoms with van der Waals surface area (Å²) in [6.07, 6.45) is 2.29. The monoisotopic (exact) mass is 321 g/mol. The Balaban J connectivity index is 1.57. The van der Waals surface area contributed by atoms with Gasteiger partial charge in [0.1, 0.15) is 6.07 Å². The van der Waals surface area contributed by atoms with Crippen LogP contribution in [0.2, 0.25) is 0 Å². The van der Waals surface area contributed by atoms with Crippen LogP contribution in [0.4, 0.5) is 5.88 Å². The number of piperidine rings is 1. The van der Waals surface area contributed by atoms with E-state index in [1.807, 2.05) is 6.07 Å². The van der Waals surface area contributed by atoms with Crippen molar-refractivity contribution < 1.29 is 4.42 Å². The summed E-state index contributed by atoms with van der Waals surface area (Å²) in [5.74, 6) is 3.45. The van der Waals surface area contributed by atoms with Gasteiger partial charge in [0.05, 0.1) is 0 Å². The van der Waals surface area contributed by atoms with Gasteiger partial charge in [-0.05, 0) is 36.2 Å². The van der Waals surface area contributed by atoms with Crippen LogP contribution >= 0.6 is 0 Å². The second-order valence-corrected chi connectivity index (χ2v) is 7.53. The standard InChI is InChI=1S/C20H23N3O/c1-13-8-14(2)12-23(11-13)20-18(10-21)22-19(24-20)17-9-16(17)15-6-4-3-5-7-15/h3-7,13-14,16-17H,8-9,11-12H2,1-2H3/t13-,14+,16-,17+/m1/s1. The first-order valence-corrected chi connectivity index (χ1v) is 8.86. The van der Waals surface area contributed by atoms with E-state index in [2.05, 4.69) is 54.1 Å². The molecule has 1 aromatic heterocycles. The number of rotatable bonds is 3. The number of anilines is 1. The SMILES string of the molecule is C[C@@H]1C[C@H](C)CN(c2oc([C@H]3C[C@@H]3c3ccccc3)nc2C#N)C1. The first kappa shape index (κ1) is 15.3. The van der Waals surface area contributed by atoms with Crippen LogP contribution in [0.25, 0.3) is 0 Å². The maximum absolute atomic E-state index is 9.48. The molecular weight excluding hydrogens is 298 g/mol. The van der Waals surface area contributed by atoms with Crippen molar-refractivity contribution in [2.75, 3.05) is 18.0 Å². The second-order valence-electron chi connectivity index (χ2n) is 7.53. The van der Waals surface area contributed by atoms with Gasteiger partial charge in [-0.2, -0.15) is 5.26 Å². The molecule has 0 amide bonds. The Hall–Kier alpha value is -2.28. The highest BCUT2D eigenvalue weighted by Gasteiger charge is 2.44. The van der Waals surface area contributed by atoms with E-state index in [0.29, 0.717) is 35.2 Å². The van der Waals surface area contributed by atoms with E-state index in [1.165, 1.54) is 12.0 Å². The van der Waals surface area contributed by atoms with Crippen molar-refractivity contribution in [1.82, 2.24) is 4.98 Å². The van der Waals surface area contributed by atoms with Crippen LogP contribution in [-0.2, 0) is 0 Å². The largest absolute Gasteiger partial charge is 0.423 e. The molecule has 0 bridgehead atoms. The van der Waals surface area contributed by atoms with Crippen molar-refractivity contribution in [1.29, 1.82) is 5.26 Å². The van der Waals surface area contributed by atoms with Gasteiger partial charge < -0.3 is 9.32 Å². The molecule has 1 aromatic carbocycles. The molecule has 1 saturated heterocycles. The topological polar surface area (TPSA) is 53.1 Å². The number of benzene rings is 1. The molecule has 4 atom stereocenters. The Labute approximate surface area is 143 Å². The zero-order valence-corrected chi connectivity index (χ0v) is 14.3. The highest BCUT2D eigenvalue weighted by Crippen LogP contribution is 2.55.